The van der Waals surface area contributed by atoms with Crippen LogP contribution in [-0.2, 0) is 4.79 Å². The van der Waals surface area contributed by atoms with Crippen molar-refractivity contribution in [3.8, 4) is 0 Å². The summed E-state index contributed by atoms with van der Waals surface area (Å²) in [4.78, 5) is 12.3. The number of carbonyl (C=O) groups excluding carboxylic acids is 1. The summed E-state index contributed by atoms with van der Waals surface area (Å²) in [5.41, 5.74) is 0.833. The van der Waals surface area contributed by atoms with Crippen LogP contribution in [0, 0.1) is 0 Å². The molecule has 1 rings (SSSR count). The number of hydrogen-bond acceptors (Lipinski definition) is 2. The summed E-state index contributed by atoms with van der Waals surface area (Å²) in [5.74, 6) is -0.0919. The molecule has 1 aromatic rings. The fourth-order valence-electron chi connectivity index (χ4n) is 1.04. The van der Waals surface area contributed by atoms with Gasteiger partial charge in [-0.05, 0) is 37.5 Å². The third kappa shape index (κ3) is 3.26. The van der Waals surface area contributed by atoms with Gasteiger partial charge in [0.1, 0.15) is 0 Å². The number of rotatable bonds is 3. The largest absolute Gasteiger partial charge is 0.322 e. The van der Waals surface area contributed by atoms with Crippen LogP contribution in [0.5, 0.6) is 0 Å². The van der Waals surface area contributed by atoms with Crippen molar-refractivity contribution in [3.63, 3.8) is 0 Å². The molecule has 3 heteroatoms. The van der Waals surface area contributed by atoms with Crippen molar-refractivity contribution in [3.05, 3.63) is 36.4 Å². The average Bonchev–Trinajstić information content (AvgIpc) is 2.18. The van der Waals surface area contributed by atoms with Gasteiger partial charge in [-0.25, -0.2) is 0 Å². The summed E-state index contributed by atoms with van der Waals surface area (Å²) in [7, 11) is 0. The minimum Gasteiger partial charge on any atom is -0.322 e. The van der Waals surface area contributed by atoms with E-state index in [1.807, 2.05) is 37.4 Å². The fraction of sp³-hybridized carbons (Fsp3) is 0.182. The Morgan fingerprint density at radius 2 is 2.29 bits per heavy atom. The van der Waals surface area contributed by atoms with Crippen LogP contribution in [0.2, 0.25) is 0 Å². The van der Waals surface area contributed by atoms with Crippen LogP contribution >= 0.6 is 11.8 Å². The van der Waals surface area contributed by atoms with Gasteiger partial charge in [-0.3, -0.25) is 4.79 Å². The molecular weight excluding hydrogens is 194 g/mol. The molecule has 0 heterocycles. The standard InChI is InChI=1S/C11H13NOS/c1-3-5-11(13)12-9-6-4-7-10(8-9)14-2/h3-8H,1-2H3,(H,12,13)/b5-3+. The quantitative estimate of drug-likeness (QED) is 0.610. The first-order valence-corrected chi connectivity index (χ1v) is 5.56. The van der Waals surface area contributed by atoms with Crippen molar-refractivity contribution >= 4 is 23.4 Å². The Morgan fingerprint density at radius 1 is 1.50 bits per heavy atom. The summed E-state index contributed by atoms with van der Waals surface area (Å²) in [6, 6.07) is 7.76. The minimum atomic E-state index is -0.0919. The molecule has 0 saturated heterocycles. The lowest BCUT2D eigenvalue weighted by molar-refractivity contribution is -0.111. The van der Waals surface area contributed by atoms with Crippen LogP contribution < -0.4 is 5.32 Å². The maximum atomic E-state index is 11.2. The van der Waals surface area contributed by atoms with Gasteiger partial charge in [-0.2, -0.15) is 0 Å². The number of nitrogens with one attached hydrogen (secondary N) is 1. The van der Waals surface area contributed by atoms with E-state index in [4.69, 9.17) is 0 Å². The highest BCUT2D eigenvalue weighted by molar-refractivity contribution is 7.98. The lowest BCUT2D eigenvalue weighted by Gasteiger charge is -2.03. The highest BCUT2D eigenvalue weighted by Crippen LogP contribution is 2.18. The molecule has 0 radical (unpaired) electrons. The van der Waals surface area contributed by atoms with Crippen LogP contribution in [0.3, 0.4) is 0 Å². The Labute approximate surface area is 88.4 Å². The summed E-state index contributed by atoms with van der Waals surface area (Å²) >= 11 is 1.65. The van der Waals surface area contributed by atoms with E-state index in [1.165, 1.54) is 6.08 Å². The fourth-order valence-corrected chi connectivity index (χ4v) is 1.50. The van der Waals surface area contributed by atoms with Gasteiger partial charge in [-0.15, -0.1) is 11.8 Å². The number of benzene rings is 1. The predicted molar refractivity (Wildman–Crippen MR) is 61.7 cm³/mol. The smallest absolute Gasteiger partial charge is 0.248 e. The Kier molecular flexibility index (Phi) is 4.26. The number of carbonyl (C=O) groups is 1. The van der Waals surface area contributed by atoms with Crippen molar-refractivity contribution in [1.29, 1.82) is 0 Å². The SMILES string of the molecule is C/C=C/C(=O)Nc1cccc(SC)c1. The lowest BCUT2D eigenvalue weighted by atomic mass is 10.3. The molecule has 0 fully saturated rings. The number of allylic oxidation sites excluding steroid dienone is 1. The molecule has 0 spiro atoms. The Morgan fingerprint density at radius 3 is 2.93 bits per heavy atom. The molecule has 0 bridgehead atoms. The molecule has 0 aliphatic rings. The summed E-state index contributed by atoms with van der Waals surface area (Å²) < 4.78 is 0. The third-order valence-corrected chi connectivity index (χ3v) is 2.38. The van der Waals surface area contributed by atoms with Gasteiger partial charge in [0, 0.05) is 10.6 Å². The van der Waals surface area contributed by atoms with Crippen molar-refractivity contribution < 1.29 is 4.79 Å². The van der Waals surface area contributed by atoms with E-state index >= 15 is 0 Å². The van der Waals surface area contributed by atoms with Crippen molar-refractivity contribution in [2.24, 2.45) is 0 Å². The van der Waals surface area contributed by atoms with Gasteiger partial charge in [0.15, 0.2) is 0 Å². The zero-order valence-corrected chi connectivity index (χ0v) is 9.10. The normalized spacial score (nSPS) is 10.4. The van der Waals surface area contributed by atoms with Gasteiger partial charge in [0.25, 0.3) is 0 Å². The van der Waals surface area contributed by atoms with Crippen LogP contribution in [0.15, 0.2) is 41.3 Å². The lowest BCUT2D eigenvalue weighted by Crippen LogP contribution is -2.07. The predicted octanol–water partition coefficient (Wildman–Crippen LogP) is 2.92. The second kappa shape index (κ2) is 5.50. The van der Waals surface area contributed by atoms with Crippen molar-refractivity contribution in [2.45, 2.75) is 11.8 Å². The molecule has 0 aromatic heterocycles. The minimum absolute atomic E-state index is 0.0919. The highest BCUT2D eigenvalue weighted by atomic mass is 32.2. The third-order valence-electron chi connectivity index (χ3n) is 1.66. The van der Waals surface area contributed by atoms with Crippen molar-refractivity contribution in [1.82, 2.24) is 0 Å². The molecule has 1 amide bonds. The monoisotopic (exact) mass is 207 g/mol. The average molecular weight is 207 g/mol. The number of amides is 1. The van der Waals surface area contributed by atoms with E-state index in [0.29, 0.717) is 0 Å². The number of anilines is 1. The van der Waals surface area contributed by atoms with Crippen LogP contribution in [0.1, 0.15) is 6.92 Å². The summed E-state index contributed by atoms with van der Waals surface area (Å²) in [6.07, 6.45) is 5.23. The van der Waals surface area contributed by atoms with E-state index < -0.39 is 0 Å². The van der Waals surface area contributed by atoms with E-state index in [1.54, 1.807) is 17.8 Å². The number of thioether (sulfide) groups is 1. The van der Waals surface area contributed by atoms with Gasteiger partial charge in [0.2, 0.25) is 5.91 Å². The summed E-state index contributed by atoms with van der Waals surface area (Å²) in [6.45, 7) is 1.82. The summed E-state index contributed by atoms with van der Waals surface area (Å²) in [5, 5.41) is 2.78. The van der Waals surface area contributed by atoms with Crippen molar-refractivity contribution in [2.75, 3.05) is 11.6 Å². The van der Waals surface area contributed by atoms with Crippen LogP contribution in [-0.4, -0.2) is 12.2 Å². The molecule has 0 saturated carbocycles. The first kappa shape index (κ1) is 10.9. The zero-order chi connectivity index (χ0) is 10.4. The molecule has 14 heavy (non-hydrogen) atoms. The van der Waals surface area contributed by atoms with E-state index in [2.05, 4.69) is 5.32 Å². The van der Waals surface area contributed by atoms with Gasteiger partial charge < -0.3 is 5.32 Å². The van der Waals surface area contributed by atoms with E-state index in [9.17, 15) is 4.79 Å². The Hall–Kier alpha value is -1.22. The van der Waals surface area contributed by atoms with Crippen LogP contribution in [0.25, 0.3) is 0 Å². The molecule has 0 aliphatic carbocycles. The molecule has 0 unspecified atom stereocenters. The van der Waals surface area contributed by atoms with Gasteiger partial charge in [0.05, 0.1) is 0 Å². The molecule has 0 aliphatic heterocycles. The first-order valence-electron chi connectivity index (χ1n) is 4.34. The van der Waals surface area contributed by atoms with Crippen LogP contribution in [0.4, 0.5) is 5.69 Å². The molecular formula is C11H13NOS. The van der Waals surface area contributed by atoms with Gasteiger partial charge in [-0.1, -0.05) is 12.1 Å². The maximum absolute atomic E-state index is 11.2. The second-order valence-corrected chi connectivity index (χ2v) is 3.60. The first-order chi connectivity index (χ1) is 6.76. The Balaban J connectivity index is 2.71. The molecule has 0 atom stereocenters. The maximum Gasteiger partial charge on any atom is 0.248 e. The number of hydrogen-bond donors (Lipinski definition) is 1. The topological polar surface area (TPSA) is 29.1 Å². The van der Waals surface area contributed by atoms with Gasteiger partial charge >= 0.3 is 0 Å². The molecule has 1 aromatic carbocycles. The second-order valence-electron chi connectivity index (χ2n) is 2.72. The Bertz CT molecular complexity index is 347. The van der Waals surface area contributed by atoms with E-state index in [-0.39, 0.29) is 5.91 Å². The highest BCUT2D eigenvalue weighted by Gasteiger charge is 1.97. The zero-order valence-electron chi connectivity index (χ0n) is 8.28. The molecule has 2 nitrogen and oxygen atoms in total. The molecule has 74 valence electrons. The van der Waals surface area contributed by atoms with E-state index in [0.717, 1.165) is 10.6 Å². The molecule has 1 N–H and O–H groups in total.